The van der Waals surface area contributed by atoms with Gasteiger partial charge in [-0.25, -0.2) is 4.98 Å². The lowest BCUT2D eigenvalue weighted by Crippen LogP contribution is -2.51. The Kier molecular flexibility index (Phi) is 3.61. The van der Waals surface area contributed by atoms with E-state index in [0.29, 0.717) is 0 Å². The van der Waals surface area contributed by atoms with Crippen LogP contribution in [0.25, 0.3) is 10.8 Å². The van der Waals surface area contributed by atoms with Crippen LogP contribution in [-0.4, -0.2) is 28.3 Å². The molecule has 0 saturated carbocycles. The highest BCUT2D eigenvalue weighted by Crippen LogP contribution is 2.32. The van der Waals surface area contributed by atoms with Gasteiger partial charge >= 0.3 is 0 Å². The Morgan fingerprint density at radius 3 is 2.40 bits per heavy atom. The zero-order chi connectivity index (χ0) is 15.0. The molecule has 2 N–H and O–H groups in total. The maximum atomic E-state index is 10.3. The Bertz CT molecular complexity index is 615. The second-order valence-corrected chi connectivity index (χ2v) is 6.02. The van der Waals surface area contributed by atoms with Crippen molar-refractivity contribution in [1.29, 1.82) is 0 Å². The van der Waals surface area contributed by atoms with Gasteiger partial charge in [-0.2, -0.15) is 0 Å². The van der Waals surface area contributed by atoms with Gasteiger partial charge in [-0.05, 0) is 39.8 Å². The number of hydrogen-bond acceptors (Lipinski definition) is 4. The van der Waals surface area contributed by atoms with Gasteiger partial charge in [0.25, 0.3) is 0 Å². The van der Waals surface area contributed by atoms with Gasteiger partial charge in [0.05, 0.1) is 18.2 Å². The molecule has 108 valence electrons. The summed E-state index contributed by atoms with van der Waals surface area (Å²) in [6.07, 6.45) is 1.74. The first-order chi connectivity index (χ1) is 9.26. The second kappa shape index (κ2) is 4.94. The van der Waals surface area contributed by atoms with E-state index in [-0.39, 0.29) is 0 Å². The van der Waals surface area contributed by atoms with E-state index in [2.05, 4.69) is 10.3 Å². The normalized spacial score (nSPS) is 12.5. The first-order valence-corrected chi connectivity index (χ1v) is 6.68. The molecule has 0 bridgehead atoms. The van der Waals surface area contributed by atoms with E-state index in [1.54, 1.807) is 27.2 Å². The van der Waals surface area contributed by atoms with Crippen molar-refractivity contribution in [2.45, 2.75) is 38.8 Å². The van der Waals surface area contributed by atoms with Crippen LogP contribution in [-0.2, 0) is 0 Å². The molecule has 0 aliphatic carbocycles. The summed E-state index contributed by atoms with van der Waals surface area (Å²) >= 11 is 0. The van der Waals surface area contributed by atoms with E-state index in [1.807, 2.05) is 38.1 Å². The van der Waals surface area contributed by atoms with Gasteiger partial charge in [-0.1, -0.05) is 12.1 Å². The largest absolute Gasteiger partial charge is 0.496 e. The number of methoxy groups -OCH3 is 1. The van der Waals surface area contributed by atoms with E-state index in [1.165, 1.54) is 0 Å². The minimum absolute atomic E-state index is 0.517. The van der Waals surface area contributed by atoms with E-state index < -0.39 is 11.1 Å². The van der Waals surface area contributed by atoms with Crippen molar-refractivity contribution >= 4 is 16.6 Å². The summed E-state index contributed by atoms with van der Waals surface area (Å²) < 4.78 is 5.37. The molecular weight excluding hydrogens is 252 g/mol. The number of nitrogens with one attached hydrogen (secondary N) is 1. The standard InChI is InChI=1S/C16H22N2O2/c1-15(2,16(3,4)19)18-14-12-7-6-8-13(20-5)11(12)9-10-17-14/h6-10,19H,1-5H3,(H,17,18). The summed E-state index contributed by atoms with van der Waals surface area (Å²) in [4.78, 5) is 4.40. The van der Waals surface area contributed by atoms with E-state index >= 15 is 0 Å². The molecule has 1 heterocycles. The fourth-order valence-corrected chi connectivity index (χ4v) is 1.90. The van der Waals surface area contributed by atoms with Gasteiger partial charge in [0.1, 0.15) is 11.6 Å². The van der Waals surface area contributed by atoms with Gasteiger partial charge in [0.2, 0.25) is 0 Å². The van der Waals surface area contributed by atoms with Gasteiger partial charge in [0.15, 0.2) is 0 Å². The van der Waals surface area contributed by atoms with Crippen LogP contribution in [0, 0.1) is 0 Å². The van der Waals surface area contributed by atoms with Crippen molar-refractivity contribution in [3.8, 4) is 5.75 Å². The van der Waals surface area contributed by atoms with Gasteiger partial charge in [-0.15, -0.1) is 0 Å². The minimum Gasteiger partial charge on any atom is -0.496 e. The van der Waals surface area contributed by atoms with Crippen LogP contribution in [0.15, 0.2) is 30.5 Å². The van der Waals surface area contributed by atoms with E-state index in [4.69, 9.17) is 4.74 Å². The number of nitrogens with zero attached hydrogens (tertiary/aromatic N) is 1. The highest BCUT2D eigenvalue weighted by molar-refractivity contribution is 5.96. The number of aliphatic hydroxyl groups is 1. The van der Waals surface area contributed by atoms with Crippen molar-refractivity contribution in [2.24, 2.45) is 0 Å². The summed E-state index contributed by atoms with van der Waals surface area (Å²) in [6, 6.07) is 7.78. The van der Waals surface area contributed by atoms with Gasteiger partial charge < -0.3 is 15.2 Å². The molecule has 0 aliphatic rings. The molecule has 0 unspecified atom stereocenters. The Morgan fingerprint density at radius 1 is 1.10 bits per heavy atom. The molecule has 2 aromatic rings. The predicted octanol–water partition coefficient (Wildman–Crippen LogP) is 3.20. The number of benzene rings is 1. The SMILES string of the molecule is COc1cccc2c(NC(C)(C)C(C)(C)O)nccc12. The number of hydrogen-bond donors (Lipinski definition) is 2. The molecule has 0 atom stereocenters. The molecular formula is C16H22N2O2. The van der Waals surface area contributed by atoms with Crippen LogP contribution in [0.1, 0.15) is 27.7 Å². The number of aromatic nitrogens is 1. The number of ether oxygens (including phenoxy) is 1. The van der Waals surface area contributed by atoms with Gasteiger partial charge in [-0.3, -0.25) is 0 Å². The number of fused-ring (bicyclic) bond motifs is 1. The summed E-state index contributed by atoms with van der Waals surface area (Å²) in [5.41, 5.74) is -1.40. The maximum Gasteiger partial charge on any atom is 0.134 e. The third kappa shape index (κ3) is 2.56. The average molecular weight is 274 g/mol. The third-order valence-electron chi connectivity index (χ3n) is 3.95. The molecule has 0 spiro atoms. The van der Waals surface area contributed by atoms with Crippen molar-refractivity contribution in [3.63, 3.8) is 0 Å². The molecule has 0 aliphatic heterocycles. The van der Waals surface area contributed by atoms with Crippen molar-refractivity contribution in [2.75, 3.05) is 12.4 Å². The summed E-state index contributed by atoms with van der Waals surface area (Å²) in [5.74, 6) is 1.56. The Labute approximate surface area is 119 Å². The number of anilines is 1. The van der Waals surface area contributed by atoms with E-state index in [0.717, 1.165) is 22.3 Å². The fraction of sp³-hybridized carbons (Fsp3) is 0.438. The zero-order valence-corrected chi connectivity index (χ0v) is 12.7. The lowest BCUT2D eigenvalue weighted by Gasteiger charge is -2.38. The van der Waals surface area contributed by atoms with Crippen molar-refractivity contribution in [1.82, 2.24) is 4.98 Å². The molecule has 0 saturated heterocycles. The van der Waals surface area contributed by atoms with Crippen molar-refractivity contribution < 1.29 is 9.84 Å². The smallest absolute Gasteiger partial charge is 0.134 e. The second-order valence-electron chi connectivity index (χ2n) is 6.02. The van der Waals surface area contributed by atoms with Crippen LogP contribution >= 0.6 is 0 Å². The topological polar surface area (TPSA) is 54.4 Å². The highest BCUT2D eigenvalue weighted by atomic mass is 16.5. The average Bonchev–Trinajstić information content (AvgIpc) is 2.36. The first-order valence-electron chi connectivity index (χ1n) is 6.68. The molecule has 4 heteroatoms. The number of rotatable bonds is 4. The molecule has 1 aromatic heterocycles. The van der Waals surface area contributed by atoms with Crippen LogP contribution in [0.2, 0.25) is 0 Å². The Balaban J connectivity index is 2.51. The quantitative estimate of drug-likeness (QED) is 0.899. The first kappa shape index (κ1) is 14.6. The van der Waals surface area contributed by atoms with Gasteiger partial charge in [0, 0.05) is 17.0 Å². The summed E-state index contributed by atoms with van der Waals surface area (Å²) in [6.45, 7) is 7.47. The van der Waals surface area contributed by atoms with Crippen LogP contribution in [0.4, 0.5) is 5.82 Å². The van der Waals surface area contributed by atoms with E-state index in [9.17, 15) is 5.11 Å². The fourth-order valence-electron chi connectivity index (χ4n) is 1.90. The monoisotopic (exact) mass is 274 g/mol. The molecule has 0 fully saturated rings. The lowest BCUT2D eigenvalue weighted by atomic mass is 9.86. The summed E-state index contributed by atoms with van der Waals surface area (Å²) in [7, 11) is 1.66. The molecule has 0 radical (unpaired) electrons. The molecule has 0 amide bonds. The molecule has 4 nitrogen and oxygen atoms in total. The highest BCUT2D eigenvalue weighted by Gasteiger charge is 2.35. The molecule has 20 heavy (non-hydrogen) atoms. The Hall–Kier alpha value is -1.81. The number of pyridine rings is 1. The summed E-state index contributed by atoms with van der Waals surface area (Å²) in [5, 5.41) is 15.6. The van der Waals surface area contributed by atoms with Crippen LogP contribution in [0.5, 0.6) is 5.75 Å². The van der Waals surface area contributed by atoms with Crippen LogP contribution in [0.3, 0.4) is 0 Å². The zero-order valence-electron chi connectivity index (χ0n) is 12.7. The third-order valence-corrected chi connectivity index (χ3v) is 3.95. The lowest BCUT2D eigenvalue weighted by molar-refractivity contribution is 0.0239. The molecule has 1 aromatic carbocycles. The molecule has 2 rings (SSSR count). The van der Waals surface area contributed by atoms with Crippen LogP contribution < -0.4 is 10.1 Å². The Morgan fingerprint density at radius 2 is 1.80 bits per heavy atom. The maximum absolute atomic E-state index is 10.3. The predicted molar refractivity (Wildman–Crippen MR) is 82.3 cm³/mol. The minimum atomic E-state index is -0.879. The van der Waals surface area contributed by atoms with Crippen molar-refractivity contribution in [3.05, 3.63) is 30.5 Å².